The lowest BCUT2D eigenvalue weighted by atomic mass is 9.89. The number of hydrogen-bond donors (Lipinski definition) is 3. The van der Waals surface area contributed by atoms with Crippen LogP contribution in [-0.4, -0.2) is 51.5 Å². The first-order valence-corrected chi connectivity index (χ1v) is 11.6. The van der Waals surface area contributed by atoms with Gasteiger partial charge >= 0.3 is 5.97 Å². The summed E-state index contributed by atoms with van der Waals surface area (Å²) in [6, 6.07) is 3.32. The molecule has 1 amide bonds. The number of anilines is 1. The third kappa shape index (κ3) is 7.17. The number of carbonyl (C=O) groups excluding carboxylic acids is 2. The van der Waals surface area contributed by atoms with Crippen LogP contribution in [0, 0.1) is 16.0 Å². The molecule has 1 aliphatic rings. The van der Waals surface area contributed by atoms with Crippen molar-refractivity contribution in [2.45, 2.75) is 50.0 Å². The number of nitro benzene ring substituents is 1. The molecule has 0 saturated heterocycles. The lowest BCUT2D eigenvalue weighted by Gasteiger charge is -2.22. The zero-order valence-corrected chi connectivity index (χ0v) is 18.4. The SMILES string of the molecule is CNc1ccc(S(=O)(=O)NCC(=O)OC(C)C(=O)NCC2CCCCC2)cc1[N+](=O)[O-]. The number of ether oxygens (including phenoxy) is 1. The Morgan fingerprint density at radius 3 is 2.55 bits per heavy atom. The molecule has 172 valence electrons. The van der Waals surface area contributed by atoms with Gasteiger partial charge in [0.15, 0.2) is 6.10 Å². The van der Waals surface area contributed by atoms with Crippen molar-refractivity contribution in [3.05, 3.63) is 28.3 Å². The molecule has 3 N–H and O–H groups in total. The normalized spacial score (nSPS) is 15.7. The second-order valence-electron chi connectivity index (χ2n) is 7.39. The van der Waals surface area contributed by atoms with Crippen molar-refractivity contribution in [3.8, 4) is 0 Å². The first-order chi connectivity index (χ1) is 14.6. The standard InChI is InChI=1S/C19H28N4O7S/c1-13(19(25)21-11-14-6-4-3-5-7-14)30-18(24)12-22-31(28,29)15-8-9-16(20-2)17(10-15)23(26)27/h8-10,13-14,20,22H,3-7,11-12H2,1-2H3,(H,21,25). The lowest BCUT2D eigenvalue weighted by molar-refractivity contribution is -0.384. The van der Waals surface area contributed by atoms with Gasteiger partial charge in [0.25, 0.3) is 11.6 Å². The Hall–Kier alpha value is -2.73. The van der Waals surface area contributed by atoms with E-state index < -0.39 is 45.2 Å². The quantitative estimate of drug-likeness (QED) is 0.272. The Kier molecular flexibility index (Phi) is 8.75. The molecular formula is C19H28N4O7S. The second kappa shape index (κ2) is 11.0. The van der Waals surface area contributed by atoms with Crippen LogP contribution in [0.5, 0.6) is 0 Å². The molecule has 0 radical (unpaired) electrons. The molecule has 1 aromatic carbocycles. The molecule has 0 bridgehead atoms. The summed E-state index contributed by atoms with van der Waals surface area (Å²) in [7, 11) is -2.73. The van der Waals surface area contributed by atoms with Crippen LogP contribution in [0.2, 0.25) is 0 Å². The molecule has 31 heavy (non-hydrogen) atoms. The Morgan fingerprint density at radius 2 is 1.94 bits per heavy atom. The Labute approximate surface area is 181 Å². The highest BCUT2D eigenvalue weighted by atomic mass is 32.2. The maximum Gasteiger partial charge on any atom is 0.321 e. The first kappa shape index (κ1) is 24.5. The van der Waals surface area contributed by atoms with Crippen molar-refractivity contribution >= 4 is 33.3 Å². The molecule has 1 unspecified atom stereocenters. The topological polar surface area (TPSA) is 157 Å². The Balaban J connectivity index is 1.87. The fourth-order valence-electron chi connectivity index (χ4n) is 3.35. The minimum absolute atomic E-state index is 0.149. The van der Waals surface area contributed by atoms with E-state index in [4.69, 9.17) is 4.74 Å². The lowest BCUT2D eigenvalue weighted by Crippen LogP contribution is -2.40. The Morgan fingerprint density at radius 1 is 1.26 bits per heavy atom. The molecule has 2 rings (SSSR count). The van der Waals surface area contributed by atoms with E-state index in [9.17, 15) is 28.1 Å². The van der Waals surface area contributed by atoms with Crippen molar-refractivity contribution in [3.63, 3.8) is 0 Å². The van der Waals surface area contributed by atoms with Gasteiger partial charge in [-0.2, -0.15) is 4.72 Å². The number of benzene rings is 1. The summed E-state index contributed by atoms with van der Waals surface area (Å²) >= 11 is 0. The van der Waals surface area contributed by atoms with E-state index in [2.05, 4.69) is 10.6 Å². The van der Waals surface area contributed by atoms with Crippen LogP contribution in [0.3, 0.4) is 0 Å². The van der Waals surface area contributed by atoms with Gasteiger partial charge in [0.1, 0.15) is 12.2 Å². The molecule has 1 fully saturated rings. The van der Waals surface area contributed by atoms with Crippen LogP contribution < -0.4 is 15.4 Å². The number of nitro groups is 1. The average Bonchev–Trinajstić information content (AvgIpc) is 2.76. The maximum atomic E-state index is 12.4. The fraction of sp³-hybridized carbons (Fsp3) is 0.579. The van der Waals surface area contributed by atoms with Gasteiger partial charge in [0, 0.05) is 19.7 Å². The third-order valence-electron chi connectivity index (χ3n) is 5.12. The summed E-state index contributed by atoms with van der Waals surface area (Å²) in [6.45, 7) is 1.21. The van der Waals surface area contributed by atoms with Crippen molar-refractivity contribution in [1.82, 2.24) is 10.0 Å². The molecule has 0 heterocycles. The minimum atomic E-state index is -4.20. The van der Waals surface area contributed by atoms with Gasteiger partial charge in [0.2, 0.25) is 10.0 Å². The van der Waals surface area contributed by atoms with Crippen LogP contribution in [0.15, 0.2) is 23.1 Å². The number of nitrogens with one attached hydrogen (secondary N) is 3. The molecule has 1 saturated carbocycles. The maximum absolute atomic E-state index is 12.4. The zero-order valence-electron chi connectivity index (χ0n) is 17.5. The van der Waals surface area contributed by atoms with Gasteiger partial charge in [-0.1, -0.05) is 19.3 Å². The first-order valence-electron chi connectivity index (χ1n) is 10.1. The number of carbonyl (C=O) groups is 2. The predicted octanol–water partition coefficient (Wildman–Crippen LogP) is 1.54. The molecule has 0 aliphatic heterocycles. The van der Waals surface area contributed by atoms with E-state index in [0.29, 0.717) is 12.5 Å². The molecular weight excluding hydrogens is 428 g/mol. The van der Waals surface area contributed by atoms with Gasteiger partial charge in [-0.3, -0.25) is 19.7 Å². The largest absolute Gasteiger partial charge is 0.452 e. The van der Waals surface area contributed by atoms with E-state index in [0.717, 1.165) is 31.7 Å². The summed E-state index contributed by atoms with van der Waals surface area (Å²) in [5.41, 5.74) is -0.271. The molecule has 0 spiro atoms. The monoisotopic (exact) mass is 456 g/mol. The van der Waals surface area contributed by atoms with Crippen LogP contribution >= 0.6 is 0 Å². The summed E-state index contributed by atoms with van der Waals surface area (Å²) in [4.78, 5) is 34.1. The molecule has 1 atom stereocenters. The highest BCUT2D eigenvalue weighted by molar-refractivity contribution is 7.89. The van der Waals surface area contributed by atoms with Crippen molar-refractivity contribution in [1.29, 1.82) is 0 Å². The van der Waals surface area contributed by atoms with E-state index in [-0.39, 0.29) is 10.6 Å². The van der Waals surface area contributed by atoms with E-state index in [1.165, 1.54) is 32.5 Å². The van der Waals surface area contributed by atoms with Crippen molar-refractivity contribution in [2.75, 3.05) is 25.5 Å². The average molecular weight is 457 g/mol. The van der Waals surface area contributed by atoms with E-state index >= 15 is 0 Å². The number of hydrogen-bond acceptors (Lipinski definition) is 8. The summed E-state index contributed by atoms with van der Waals surface area (Å²) < 4.78 is 31.7. The molecule has 0 aromatic heterocycles. The zero-order chi connectivity index (χ0) is 23.0. The van der Waals surface area contributed by atoms with Crippen molar-refractivity contribution in [2.24, 2.45) is 5.92 Å². The predicted molar refractivity (Wildman–Crippen MR) is 113 cm³/mol. The van der Waals surface area contributed by atoms with Gasteiger partial charge in [-0.05, 0) is 37.8 Å². The van der Waals surface area contributed by atoms with Gasteiger partial charge in [-0.25, -0.2) is 8.42 Å². The van der Waals surface area contributed by atoms with Gasteiger partial charge in [-0.15, -0.1) is 0 Å². The fourth-order valence-corrected chi connectivity index (χ4v) is 4.34. The van der Waals surface area contributed by atoms with Gasteiger partial charge < -0.3 is 15.4 Å². The van der Waals surface area contributed by atoms with Crippen LogP contribution in [0.4, 0.5) is 11.4 Å². The van der Waals surface area contributed by atoms with E-state index in [1.807, 2.05) is 4.72 Å². The van der Waals surface area contributed by atoms with Crippen molar-refractivity contribution < 1.29 is 27.7 Å². The molecule has 12 heteroatoms. The highest BCUT2D eigenvalue weighted by Gasteiger charge is 2.24. The third-order valence-corrected chi connectivity index (χ3v) is 6.52. The summed E-state index contributed by atoms with van der Waals surface area (Å²) in [5, 5.41) is 16.5. The van der Waals surface area contributed by atoms with Crippen LogP contribution in [0.1, 0.15) is 39.0 Å². The van der Waals surface area contributed by atoms with Crippen LogP contribution in [-0.2, 0) is 24.3 Å². The second-order valence-corrected chi connectivity index (χ2v) is 9.16. The highest BCUT2D eigenvalue weighted by Crippen LogP contribution is 2.27. The number of esters is 1. The molecule has 11 nitrogen and oxygen atoms in total. The van der Waals surface area contributed by atoms with Crippen LogP contribution in [0.25, 0.3) is 0 Å². The number of amides is 1. The number of rotatable bonds is 10. The summed E-state index contributed by atoms with van der Waals surface area (Å²) in [5.74, 6) is -0.962. The number of nitrogens with zero attached hydrogens (tertiary/aromatic N) is 1. The molecule has 1 aliphatic carbocycles. The Bertz CT molecular complexity index is 914. The number of sulfonamides is 1. The van der Waals surface area contributed by atoms with Gasteiger partial charge in [0.05, 0.1) is 9.82 Å². The molecule has 1 aromatic rings. The smallest absolute Gasteiger partial charge is 0.321 e. The summed E-state index contributed by atoms with van der Waals surface area (Å²) in [6.07, 6.45) is 4.55. The minimum Gasteiger partial charge on any atom is -0.452 e. The van der Waals surface area contributed by atoms with E-state index in [1.54, 1.807) is 0 Å².